The number of amides is 1. The molecular formula is C13H16N4O. The summed E-state index contributed by atoms with van der Waals surface area (Å²) in [5.74, 6) is -0.121. The van der Waals surface area contributed by atoms with Gasteiger partial charge in [0.1, 0.15) is 0 Å². The summed E-state index contributed by atoms with van der Waals surface area (Å²) in [5, 5.41) is 9.67. The van der Waals surface area contributed by atoms with Crippen LogP contribution < -0.4 is 5.32 Å². The monoisotopic (exact) mass is 244 g/mol. The zero-order valence-electron chi connectivity index (χ0n) is 10.7. The Bertz CT molecular complexity index is 555. The zero-order chi connectivity index (χ0) is 13.1. The van der Waals surface area contributed by atoms with E-state index in [0.717, 1.165) is 17.0 Å². The van der Waals surface area contributed by atoms with Crippen LogP contribution in [0, 0.1) is 20.8 Å². The molecule has 2 N–H and O–H groups in total. The van der Waals surface area contributed by atoms with Crippen molar-refractivity contribution in [1.82, 2.24) is 20.5 Å². The van der Waals surface area contributed by atoms with Crippen molar-refractivity contribution in [2.45, 2.75) is 27.3 Å². The third-order valence-electron chi connectivity index (χ3n) is 2.89. The summed E-state index contributed by atoms with van der Waals surface area (Å²) in [5.41, 5.74) is 4.05. The highest BCUT2D eigenvalue weighted by atomic mass is 16.1. The lowest BCUT2D eigenvalue weighted by molar-refractivity contribution is 0.0949. The van der Waals surface area contributed by atoms with Gasteiger partial charge in [0.15, 0.2) is 0 Å². The van der Waals surface area contributed by atoms with E-state index < -0.39 is 0 Å². The van der Waals surface area contributed by atoms with Gasteiger partial charge >= 0.3 is 0 Å². The van der Waals surface area contributed by atoms with Crippen molar-refractivity contribution in [3.05, 3.63) is 46.5 Å². The van der Waals surface area contributed by atoms with Gasteiger partial charge in [-0.15, -0.1) is 0 Å². The molecule has 0 radical (unpaired) electrons. The first-order valence-electron chi connectivity index (χ1n) is 5.80. The van der Waals surface area contributed by atoms with Gasteiger partial charge in [0.2, 0.25) is 0 Å². The molecule has 0 spiro atoms. The topological polar surface area (TPSA) is 70.7 Å². The Hall–Kier alpha value is -2.17. The molecule has 2 aromatic heterocycles. The van der Waals surface area contributed by atoms with Crippen LogP contribution in [-0.4, -0.2) is 21.1 Å². The minimum absolute atomic E-state index is 0.121. The minimum Gasteiger partial charge on any atom is -0.346 e. The van der Waals surface area contributed by atoms with Crippen LogP contribution >= 0.6 is 0 Å². The standard InChI is InChI=1S/C13H16N4O/c1-8-5-4-6-14-11(8)7-15-13(18)12-9(2)16-17-10(12)3/h4-6H,7H2,1-3H3,(H,15,18)(H,16,17). The Morgan fingerprint density at radius 1 is 1.39 bits per heavy atom. The average molecular weight is 244 g/mol. The van der Waals surface area contributed by atoms with Gasteiger partial charge < -0.3 is 5.32 Å². The number of carbonyl (C=O) groups excluding carboxylic acids is 1. The second kappa shape index (κ2) is 5.00. The number of pyridine rings is 1. The van der Waals surface area contributed by atoms with Crippen LogP contribution in [-0.2, 0) is 6.54 Å². The summed E-state index contributed by atoms with van der Waals surface area (Å²) >= 11 is 0. The van der Waals surface area contributed by atoms with Crippen molar-refractivity contribution in [3.63, 3.8) is 0 Å². The molecular weight excluding hydrogens is 228 g/mol. The Balaban J connectivity index is 2.08. The highest BCUT2D eigenvalue weighted by molar-refractivity contribution is 5.96. The summed E-state index contributed by atoms with van der Waals surface area (Å²) in [6.45, 7) is 6.05. The largest absolute Gasteiger partial charge is 0.346 e. The second-order valence-electron chi connectivity index (χ2n) is 4.26. The second-order valence-corrected chi connectivity index (χ2v) is 4.26. The molecule has 0 aliphatic carbocycles. The molecule has 0 saturated carbocycles. The van der Waals surface area contributed by atoms with Crippen LogP contribution in [0.4, 0.5) is 0 Å². The summed E-state index contributed by atoms with van der Waals surface area (Å²) < 4.78 is 0. The number of aromatic nitrogens is 3. The van der Waals surface area contributed by atoms with Crippen LogP contribution in [0.15, 0.2) is 18.3 Å². The van der Waals surface area contributed by atoms with E-state index in [1.54, 1.807) is 6.20 Å². The molecule has 0 atom stereocenters. The molecule has 1 amide bonds. The van der Waals surface area contributed by atoms with Crippen LogP contribution in [0.1, 0.15) is 33.0 Å². The van der Waals surface area contributed by atoms with Gasteiger partial charge in [-0.3, -0.25) is 14.9 Å². The van der Waals surface area contributed by atoms with E-state index in [9.17, 15) is 4.79 Å². The quantitative estimate of drug-likeness (QED) is 0.862. The molecule has 2 rings (SSSR count). The molecule has 0 fully saturated rings. The first-order chi connectivity index (χ1) is 8.59. The predicted molar refractivity (Wildman–Crippen MR) is 68.2 cm³/mol. The fourth-order valence-electron chi connectivity index (χ4n) is 1.84. The molecule has 2 heterocycles. The molecule has 2 aromatic rings. The van der Waals surface area contributed by atoms with E-state index >= 15 is 0 Å². The SMILES string of the molecule is Cc1cccnc1CNC(=O)c1c(C)n[nH]c1C. The van der Waals surface area contributed by atoms with E-state index in [2.05, 4.69) is 20.5 Å². The van der Waals surface area contributed by atoms with Crippen molar-refractivity contribution in [1.29, 1.82) is 0 Å². The van der Waals surface area contributed by atoms with Crippen molar-refractivity contribution in [2.75, 3.05) is 0 Å². The Morgan fingerprint density at radius 3 is 2.78 bits per heavy atom. The van der Waals surface area contributed by atoms with E-state index in [1.165, 1.54) is 0 Å². The smallest absolute Gasteiger partial charge is 0.255 e. The third kappa shape index (κ3) is 2.40. The number of aromatic amines is 1. The fourth-order valence-corrected chi connectivity index (χ4v) is 1.84. The first-order valence-corrected chi connectivity index (χ1v) is 5.80. The average Bonchev–Trinajstić information content (AvgIpc) is 2.68. The maximum absolute atomic E-state index is 12.0. The Labute approximate surface area is 106 Å². The molecule has 0 bridgehead atoms. The summed E-state index contributed by atoms with van der Waals surface area (Å²) in [4.78, 5) is 16.3. The number of aryl methyl sites for hydroxylation is 3. The molecule has 94 valence electrons. The van der Waals surface area contributed by atoms with Crippen molar-refractivity contribution in [3.8, 4) is 0 Å². The molecule has 0 aromatic carbocycles. The number of hydrogen-bond donors (Lipinski definition) is 2. The number of carbonyl (C=O) groups is 1. The van der Waals surface area contributed by atoms with Gasteiger partial charge in [-0.2, -0.15) is 5.10 Å². The third-order valence-corrected chi connectivity index (χ3v) is 2.89. The number of nitrogens with zero attached hydrogens (tertiary/aromatic N) is 2. The maximum Gasteiger partial charge on any atom is 0.255 e. The first kappa shape index (κ1) is 12.3. The maximum atomic E-state index is 12.0. The highest BCUT2D eigenvalue weighted by Crippen LogP contribution is 2.09. The summed E-state index contributed by atoms with van der Waals surface area (Å²) in [6.07, 6.45) is 1.73. The lowest BCUT2D eigenvalue weighted by atomic mass is 10.1. The van der Waals surface area contributed by atoms with Crippen molar-refractivity contribution < 1.29 is 4.79 Å². The zero-order valence-corrected chi connectivity index (χ0v) is 10.7. The van der Waals surface area contributed by atoms with Crippen LogP contribution in [0.3, 0.4) is 0 Å². The molecule has 5 nitrogen and oxygen atoms in total. The van der Waals surface area contributed by atoms with Gasteiger partial charge in [-0.25, -0.2) is 0 Å². The number of rotatable bonds is 3. The number of H-pyrrole nitrogens is 1. The molecule has 0 unspecified atom stereocenters. The van der Waals surface area contributed by atoms with Crippen LogP contribution in [0.25, 0.3) is 0 Å². The van der Waals surface area contributed by atoms with Gasteiger partial charge in [0, 0.05) is 11.9 Å². The van der Waals surface area contributed by atoms with E-state index in [0.29, 0.717) is 17.8 Å². The fraction of sp³-hybridized carbons (Fsp3) is 0.308. The van der Waals surface area contributed by atoms with Crippen molar-refractivity contribution >= 4 is 5.91 Å². The lowest BCUT2D eigenvalue weighted by Crippen LogP contribution is -2.24. The van der Waals surface area contributed by atoms with Crippen LogP contribution in [0.5, 0.6) is 0 Å². The van der Waals surface area contributed by atoms with E-state index in [-0.39, 0.29) is 5.91 Å². The molecule has 0 aliphatic rings. The normalized spacial score (nSPS) is 10.4. The van der Waals surface area contributed by atoms with E-state index in [4.69, 9.17) is 0 Å². The lowest BCUT2D eigenvalue weighted by Gasteiger charge is -2.06. The molecule has 5 heteroatoms. The van der Waals surface area contributed by atoms with Gasteiger partial charge in [0.25, 0.3) is 5.91 Å². The molecule has 18 heavy (non-hydrogen) atoms. The molecule has 0 saturated heterocycles. The Kier molecular flexibility index (Phi) is 3.41. The van der Waals surface area contributed by atoms with Gasteiger partial charge in [-0.1, -0.05) is 6.07 Å². The number of nitrogens with one attached hydrogen (secondary N) is 2. The Morgan fingerprint density at radius 2 is 2.17 bits per heavy atom. The highest BCUT2D eigenvalue weighted by Gasteiger charge is 2.15. The predicted octanol–water partition coefficient (Wildman–Crippen LogP) is 1.66. The minimum atomic E-state index is -0.121. The number of hydrogen-bond acceptors (Lipinski definition) is 3. The summed E-state index contributed by atoms with van der Waals surface area (Å²) in [6, 6.07) is 3.86. The summed E-state index contributed by atoms with van der Waals surface area (Å²) in [7, 11) is 0. The van der Waals surface area contributed by atoms with Gasteiger partial charge in [-0.05, 0) is 32.4 Å². The van der Waals surface area contributed by atoms with Crippen LogP contribution in [0.2, 0.25) is 0 Å². The van der Waals surface area contributed by atoms with Gasteiger partial charge in [0.05, 0.1) is 23.5 Å². The van der Waals surface area contributed by atoms with Crippen molar-refractivity contribution in [2.24, 2.45) is 0 Å². The van der Waals surface area contributed by atoms with E-state index in [1.807, 2.05) is 32.9 Å². The molecule has 0 aliphatic heterocycles.